The van der Waals surface area contributed by atoms with E-state index in [4.69, 9.17) is 11.5 Å². The zero-order chi connectivity index (χ0) is 13.1. The Kier molecular flexibility index (Phi) is 3.81. The molecular weight excluding hydrogens is 228 g/mol. The zero-order valence-electron chi connectivity index (χ0n) is 10.7. The maximum absolute atomic E-state index is 11.0. The number of primary amides is 1. The minimum atomic E-state index is -0.440. The first-order valence-electron chi connectivity index (χ1n) is 6.34. The third-order valence-corrected chi connectivity index (χ3v) is 3.64. The fourth-order valence-corrected chi connectivity index (χ4v) is 2.37. The second kappa shape index (κ2) is 5.35. The molecule has 1 aliphatic rings. The number of carbonyl (C=O) groups is 1. The Morgan fingerprint density at radius 3 is 2.56 bits per heavy atom. The van der Waals surface area contributed by atoms with Crippen LogP contribution in [-0.4, -0.2) is 30.0 Å². The molecule has 1 aromatic heterocycles. The maximum atomic E-state index is 11.0. The first kappa shape index (κ1) is 12.8. The molecule has 1 atom stereocenters. The van der Waals surface area contributed by atoms with Crippen molar-refractivity contribution in [2.45, 2.75) is 25.8 Å². The van der Waals surface area contributed by atoms with E-state index in [9.17, 15) is 4.79 Å². The topological polar surface area (TPSA) is 85.2 Å². The second-order valence-corrected chi connectivity index (χ2v) is 4.95. The van der Waals surface area contributed by atoms with E-state index in [1.807, 2.05) is 6.07 Å². The Hall–Kier alpha value is -1.62. The number of amides is 1. The van der Waals surface area contributed by atoms with E-state index in [-0.39, 0.29) is 6.04 Å². The molecule has 4 N–H and O–H groups in total. The van der Waals surface area contributed by atoms with Crippen LogP contribution in [0.1, 0.15) is 30.1 Å². The normalized spacial score (nSPS) is 18.7. The van der Waals surface area contributed by atoms with Gasteiger partial charge in [-0.25, -0.2) is 4.98 Å². The number of piperidine rings is 1. The minimum Gasteiger partial charge on any atom is -0.366 e. The van der Waals surface area contributed by atoms with Crippen LogP contribution in [0.3, 0.4) is 0 Å². The lowest BCUT2D eigenvalue weighted by molar-refractivity contribution is 0.1000. The van der Waals surface area contributed by atoms with Gasteiger partial charge in [0.15, 0.2) is 0 Å². The molecule has 0 spiro atoms. The van der Waals surface area contributed by atoms with Crippen molar-refractivity contribution in [1.29, 1.82) is 0 Å². The quantitative estimate of drug-likeness (QED) is 0.826. The zero-order valence-corrected chi connectivity index (χ0v) is 10.7. The molecule has 0 aliphatic carbocycles. The van der Waals surface area contributed by atoms with Gasteiger partial charge >= 0.3 is 0 Å². The van der Waals surface area contributed by atoms with Crippen LogP contribution in [0.2, 0.25) is 0 Å². The standard InChI is InChI=1S/C13H20N4O/c1-9(14)10-4-6-17(7-5-10)12-3-2-11(8-16-12)13(15)18/h2-3,8-10H,4-7,14H2,1H3,(H2,15,18). The molecule has 0 aromatic carbocycles. The molecule has 1 aromatic rings. The first-order valence-corrected chi connectivity index (χ1v) is 6.34. The SMILES string of the molecule is CC(N)C1CCN(c2ccc(C(N)=O)cn2)CC1. The Labute approximate surface area is 107 Å². The summed E-state index contributed by atoms with van der Waals surface area (Å²) in [6.45, 7) is 4.00. The van der Waals surface area contributed by atoms with Gasteiger partial charge in [0.25, 0.3) is 0 Å². The van der Waals surface area contributed by atoms with Crippen LogP contribution >= 0.6 is 0 Å². The van der Waals surface area contributed by atoms with Gasteiger partial charge in [0, 0.05) is 25.3 Å². The second-order valence-electron chi connectivity index (χ2n) is 4.95. The molecule has 1 fully saturated rings. The van der Waals surface area contributed by atoms with Gasteiger partial charge < -0.3 is 16.4 Å². The van der Waals surface area contributed by atoms with Crippen LogP contribution in [-0.2, 0) is 0 Å². The summed E-state index contributed by atoms with van der Waals surface area (Å²) >= 11 is 0. The summed E-state index contributed by atoms with van der Waals surface area (Å²) in [6.07, 6.45) is 3.73. The van der Waals surface area contributed by atoms with E-state index in [0.717, 1.165) is 31.7 Å². The third kappa shape index (κ3) is 2.79. The average molecular weight is 248 g/mol. The number of aromatic nitrogens is 1. The molecule has 5 heteroatoms. The van der Waals surface area contributed by atoms with Crippen molar-refractivity contribution in [3.8, 4) is 0 Å². The van der Waals surface area contributed by atoms with Gasteiger partial charge in [-0.15, -0.1) is 0 Å². The molecule has 0 radical (unpaired) electrons. The molecule has 0 saturated carbocycles. The van der Waals surface area contributed by atoms with Crippen molar-refractivity contribution in [3.05, 3.63) is 23.9 Å². The van der Waals surface area contributed by atoms with Gasteiger partial charge in [0.2, 0.25) is 5.91 Å². The number of pyridine rings is 1. The van der Waals surface area contributed by atoms with E-state index in [2.05, 4.69) is 16.8 Å². The van der Waals surface area contributed by atoms with E-state index >= 15 is 0 Å². The number of nitrogens with zero attached hydrogens (tertiary/aromatic N) is 2. The predicted molar refractivity (Wildman–Crippen MR) is 71.3 cm³/mol. The lowest BCUT2D eigenvalue weighted by Gasteiger charge is -2.34. The molecule has 0 bridgehead atoms. The van der Waals surface area contributed by atoms with Crippen LogP contribution < -0.4 is 16.4 Å². The highest BCUT2D eigenvalue weighted by atomic mass is 16.1. The molecular formula is C13H20N4O. The van der Waals surface area contributed by atoms with Crippen molar-refractivity contribution in [2.24, 2.45) is 17.4 Å². The van der Waals surface area contributed by atoms with Crippen molar-refractivity contribution in [1.82, 2.24) is 4.98 Å². The first-order chi connectivity index (χ1) is 8.58. The van der Waals surface area contributed by atoms with Crippen LogP contribution in [0.4, 0.5) is 5.82 Å². The number of nitrogens with two attached hydrogens (primary N) is 2. The highest BCUT2D eigenvalue weighted by Gasteiger charge is 2.22. The van der Waals surface area contributed by atoms with E-state index < -0.39 is 5.91 Å². The van der Waals surface area contributed by atoms with Crippen LogP contribution in [0.15, 0.2) is 18.3 Å². The molecule has 18 heavy (non-hydrogen) atoms. The summed E-state index contributed by atoms with van der Waals surface area (Å²) in [5, 5.41) is 0. The van der Waals surface area contributed by atoms with Gasteiger partial charge in [-0.2, -0.15) is 0 Å². The number of carbonyl (C=O) groups excluding carboxylic acids is 1. The Morgan fingerprint density at radius 1 is 1.44 bits per heavy atom. The van der Waals surface area contributed by atoms with Gasteiger partial charge in [-0.3, -0.25) is 4.79 Å². The van der Waals surface area contributed by atoms with Crippen molar-refractivity contribution >= 4 is 11.7 Å². The number of rotatable bonds is 3. The summed E-state index contributed by atoms with van der Waals surface area (Å²) in [4.78, 5) is 17.5. The molecule has 2 rings (SSSR count). The highest BCUT2D eigenvalue weighted by molar-refractivity contribution is 5.92. The summed E-state index contributed by atoms with van der Waals surface area (Å²) < 4.78 is 0. The molecule has 1 aliphatic heterocycles. The van der Waals surface area contributed by atoms with Crippen molar-refractivity contribution in [2.75, 3.05) is 18.0 Å². The summed E-state index contributed by atoms with van der Waals surface area (Å²) in [6, 6.07) is 3.84. The van der Waals surface area contributed by atoms with E-state index in [1.165, 1.54) is 6.20 Å². The Bertz CT molecular complexity index is 408. The van der Waals surface area contributed by atoms with Gasteiger partial charge in [-0.05, 0) is 37.8 Å². The van der Waals surface area contributed by atoms with Crippen molar-refractivity contribution in [3.63, 3.8) is 0 Å². The molecule has 1 unspecified atom stereocenters. The summed E-state index contributed by atoms with van der Waals surface area (Å²) in [7, 11) is 0. The third-order valence-electron chi connectivity index (χ3n) is 3.64. The lowest BCUT2D eigenvalue weighted by atomic mass is 9.91. The van der Waals surface area contributed by atoms with Crippen molar-refractivity contribution < 1.29 is 4.79 Å². The molecule has 98 valence electrons. The number of anilines is 1. The van der Waals surface area contributed by atoms with Gasteiger partial charge in [0.05, 0.1) is 5.56 Å². The van der Waals surface area contributed by atoms with Crippen LogP contribution in [0, 0.1) is 5.92 Å². The largest absolute Gasteiger partial charge is 0.366 e. The predicted octanol–water partition coefficient (Wildman–Crippen LogP) is 0.744. The Morgan fingerprint density at radius 2 is 2.11 bits per heavy atom. The van der Waals surface area contributed by atoms with Gasteiger partial charge in [-0.1, -0.05) is 0 Å². The molecule has 2 heterocycles. The fourth-order valence-electron chi connectivity index (χ4n) is 2.37. The van der Waals surface area contributed by atoms with Gasteiger partial charge in [0.1, 0.15) is 5.82 Å². The highest BCUT2D eigenvalue weighted by Crippen LogP contribution is 2.23. The monoisotopic (exact) mass is 248 g/mol. The number of hydrogen-bond acceptors (Lipinski definition) is 4. The lowest BCUT2D eigenvalue weighted by Crippen LogP contribution is -2.40. The van der Waals surface area contributed by atoms with E-state index in [1.54, 1.807) is 6.07 Å². The Balaban J connectivity index is 1.99. The number of hydrogen-bond donors (Lipinski definition) is 2. The smallest absolute Gasteiger partial charge is 0.250 e. The minimum absolute atomic E-state index is 0.261. The molecule has 1 amide bonds. The van der Waals surface area contributed by atoms with Crippen LogP contribution in [0.25, 0.3) is 0 Å². The molecule has 1 saturated heterocycles. The molecule has 5 nitrogen and oxygen atoms in total. The average Bonchev–Trinajstić information content (AvgIpc) is 2.39. The summed E-state index contributed by atoms with van der Waals surface area (Å²) in [5.74, 6) is 1.07. The summed E-state index contributed by atoms with van der Waals surface area (Å²) in [5.41, 5.74) is 11.6. The fraction of sp³-hybridized carbons (Fsp3) is 0.538. The van der Waals surface area contributed by atoms with Crippen LogP contribution in [0.5, 0.6) is 0 Å². The maximum Gasteiger partial charge on any atom is 0.250 e. The van der Waals surface area contributed by atoms with E-state index in [0.29, 0.717) is 11.5 Å².